The van der Waals surface area contributed by atoms with Crippen LogP contribution in [0.4, 0.5) is 8.78 Å². The molecule has 2 aromatic heterocycles. The summed E-state index contributed by atoms with van der Waals surface area (Å²) in [6.07, 6.45) is 2.53. The molecule has 32 heavy (non-hydrogen) atoms. The van der Waals surface area contributed by atoms with Crippen LogP contribution in [-0.2, 0) is 6.54 Å². The Hall–Kier alpha value is -3.50. The van der Waals surface area contributed by atoms with E-state index in [0.717, 1.165) is 18.6 Å². The summed E-state index contributed by atoms with van der Waals surface area (Å²) in [5.74, 6) is -3.85. The Morgan fingerprint density at radius 2 is 2.06 bits per heavy atom. The summed E-state index contributed by atoms with van der Waals surface area (Å²) in [6.45, 7) is 4.55. The van der Waals surface area contributed by atoms with Gasteiger partial charge in [0.1, 0.15) is 11.7 Å². The number of nitrogens with one attached hydrogen (secondary N) is 1. The zero-order valence-electron chi connectivity index (χ0n) is 17.6. The van der Waals surface area contributed by atoms with Gasteiger partial charge in [-0.25, -0.2) is 0 Å². The van der Waals surface area contributed by atoms with Gasteiger partial charge >= 0.3 is 0 Å². The number of carbonyl (C=O) groups excluding carboxylic acids is 2. The second-order valence-electron chi connectivity index (χ2n) is 8.04. The van der Waals surface area contributed by atoms with Crippen molar-refractivity contribution in [3.05, 3.63) is 57.3 Å². The summed E-state index contributed by atoms with van der Waals surface area (Å²) in [7, 11) is 0. The minimum absolute atomic E-state index is 0.0686. The van der Waals surface area contributed by atoms with Crippen LogP contribution in [0.15, 0.2) is 23.1 Å². The van der Waals surface area contributed by atoms with E-state index < -0.39 is 40.5 Å². The van der Waals surface area contributed by atoms with Gasteiger partial charge in [-0.2, -0.15) is 13.8 Å². The molecule has 0 unspecified atom stereocenters. The highest BCUT2D eigenvalue weighted by Crippen LogP contribution is 2.31. The molecule has 11 heteroatoms. The van der Waals surface area contributed by atoms with E-state index in [0.29, 0.717) is 25.4 Å². The molecule has 2 aliphatic heterocycles. The van der Waals surface area contributed by atoms with E-state index in [9.17, 15) is 28.3 Å². The fourth-order valence-electron chi connectivity index (χ4n) is 4.26. The van der Waals surface area contributed by atoms with Crippen molar-refractivity contribution >= 4 is 11.8 Å². The summed E-state index contributed by atoms with van der Waals surface area (Å²) in [4.78, 5) is 43.1. The van der Waals surface area contributed by atoms with Crippen LogP contribution in [0, 0.1) is 17.8 Å². The number of carbonyl (C=O) groups is 2. The first-order valence-electron chi connectivity index (χ1n) is 10.4. The maximum atomic E-state index is 13.7. The molecule has 2 N–H and O–H groups in total. The van der Waals surface area contributed by atoms with Crippen LogP contribution in [0.25, 0.3) is 0 Å². The van der Waals surface area contributed by atoms with Crippen molar-refractivity contribution < 1.29 is 23.5 Å². The standard InChI is InChI=1S/C21H23F2N5O4/c1-3-26-15-8-11(2)6-7-27(15)28-10-13(17(29)18(30)16(28)21(26)32)20(31)24-9-12-4-5-14(22)25-19(12)23/h4-5,10-11,15,30H,3,6-9H2,1-2H3,(H,24,31)/t11-,15-/m0/s1. The normalized spacial score (nSPS) is 20.1. The van der Waals surface area contributed by atoms with Gasteiger partial charge < -0.3 is 15.3 Å². The summed E-state index contributed by atoms with van der Waals surface area (Å²) < 4.78 is 28.1. The third kappa shape index (κ3) is 3.57. The summed E-state index contributed by atoms with van der Waals surface area (Å²) >= 11 is 0. The maximum Gasteiger partial charge on any atom is 0.278 e. The van der Waals surface area contributed by atoms with Gasteiger partial charge in [0.2, 0.25) is 17.3 Å². The van der Waals surface area contributed by atoms with Gasteiger partial charge in [-0.05, 0) is 37.8 Å². The number of amides is 2. The van der Waals surface area contributed by atoms with Crippen LogP contribution in [0.3, 0.4) is 0 Å². The zero-order valence-corrected chi connectivity index (χ0v) is 17.6. The number of aromatic nitrogens is 2. The fourth-order valence-corrected chi connectivity index (χ4v) is 4.26. The lowest BCUT2D eigenvalue weighted by atomic mass is 9.95. The third-order valence-electron chi connectivity index (χ3n) is 5.99. The molecule has 170 valence electrons. The molecule has 4 rings (SSSR count). The SMILES string of the molecule is CCN1C(=O)c2c(O)c(=O)c(C(=O)NCc3ccc(F)nc3F)cn2N2CC[C@H](C)C[C@@H]12. The molecule has 0 bridgehead atoms. The van der Waals surface area contributed by atoms with E-state index >= 15 is 0 Å². The van der Waals surface area contributed by atoms with Crippen molar-refractivity contribution in [2.75, 3.05) is 18.1 Å². The third-order valence-corrected chi connectivity index (χ3v) is 5.99. The number of nitrogens with zero attached hydrogens (tertiary/aromatic N) is 4. The Labute approximate surface area is 182 Å². The Morgan fingerprint density at radius 3 is 2.75 bits per heavy atom. The number of pyridine rings is 2. The molecule has 0 aromatic carbocycles. The summed E-state index contributed by atoms with van der Waals surface area (Å²) in [6, 6.07) is 2.08. The average molecular weight is 447 g/mol. The van der Waals surface area contributed by atoms with Gasteiger partial charge in [-0.1, -0.05) is 6.92 Å². The minimum Gasteiger partial charge on any atom is -0.502 e. The first-order chi connectivity index (χ1) is 15.2. The quantitative estimate of drug-likeness (QED) is 0.685. The van der Waals surface area contributed by atoms with Crippen molar-refractivity contribution in [3.8, 4) is 5.75 Å². The topological polar surface area (TPSA) is 108 Å². The average Bonchev–Trinajstić information content (AvgIpc) is 2.75. The Kier molecular flexibility index (Phi) is 5.57. The van der Waals surface area contributed by atoms with Crippen molar-refractivity contribution in [3.63, 3.8) is 0 Å². The van der Waals surface area contributed by atoms with Crippen LogP contribution in [0.2, 0.25) is 0 Å². The van der Waals surface area contributed by atoms with Crippen LogP contribution in [-0.4, -0.2) is 50.7 Å². The molecule has 0 saturated carbocycles. The van der Waals surface area contributed by atoms with Gasteiger partial charge in [0.25, 0.3) is 11.8 Å². The first-order valence-corrected chi connectivity index (χ1v) is 10.4. The largest absolute Gasteiger partial charge is 0.502 e. The van der Waals surface area contributed by atoms with E-state index in [-0.39, 0.29) is 24.0 Å². The molecule has 2 aromatic rings. The highest BCUT2D eigenvalue weighted by molar-refractivity contribution is 5.99. The van der Waals surface area contributed by atoms with Crippen LogP contribution >= 0.6 is 0 Å². The number of hydrogen-bond acceptors (Lipinski definition) is 6. The maximum absolute atomic E-state index is 13.7. The molecule has 2 aliphatic rings. The Morgan fingerprint density at radius 1 is 1.31 bits per heavy atom. The molecule has 9 nitrogen and oxygen atoms in total. The molecule has 2 amide bonds. The molecule has 0 radical (unpaired) electrons. The van der Waals surface area contributed by atoms with Gasteiger partial charge in [0.15, 0.2) is 11.4 Å². The number of halogens is 2. The number of rotatable bonds is 4. The zero-order chi connectivity index (χ0) is 23.2. The highest BCUT2D eigenvalue weighted by atomic mass is 19.1. The Bertz CT molecular complexity index is 1150. The molecule has 0 spiro atoms. The molecule has 0 aliphatic carbocycles. The van der Waals surface area contributed by atoms with Crippen LogP contribution < -0.4 is 15.8 Å². The van der Waals surface area contributed by atoms with Crippen LogP contribution in [0.5, 0.6) is 5.75 Å². The van der Waals surface area contributed by atoms with Crippen molar-refractivity contribution in [2.45, 2.75) is 39.4 Å². The van der Waals surface area contributed by atoms with E-state index in [1.54, 1.807) is 4.90 Å². The molecule has 1 saturated heterocycles. The number of hydrogen-bond donors (Lipinski definition) is 2. The second kappa shape index (κ2) is 8.21. The molecule has 2 atom stereocenters. The molecule has 4 heterocycles. The number of piperidine rings is 1. The smallest absolute Gasteiger partial charge is 0.278 e. The fraction of sp³-hybridized carbons (Fsp3) is 0.429. The van der Waals surface area contributed by atoms with Crippen molar-refractivity contribution in [1.82, 2.24) is 19.9 Å². The summed E-state index contributed by atoms with van der Waals surface area (Å²) in [5.41, 5.74) is -1.65. The molecular formula is C21H23F2N5O4. The lowest BCUT2D eigenvalue weighted by Crippen LogP contribution is -2.64. The number of aromatic hydroxyl groups is 1. The minimum atomic E-state index is -1.08. The number of fused-ring (bicyclic) bond motifs is 3. The predicted octanol–water partition coefficient (Wildman–Crippen LogP) is 1.33. The van der Waals surface area contributed by atoms with E-state index in [2.05, 4.69) is 17.2 Å². The molecule has 1 fully saturated rings. The second-order valence-corrected chi connectivity index (χ2v) is 8.04. The van der Waals surface area contributed by atoms with Crippen molar-refractivity contribution in [2.24, 2.45) is 5.92 Å². The molecular weight excluding hydrogens is 424 g/mol. The van der Waals surface area contributed by atoms with Crippen molar-refractivity contribution in [1.29, 1.82) is 0 Å². The van der Waals surface area contributed by atoms with E-state index in [1.165, 1.54) is 10.9 Å². The van der Waals surface area contributed by atoms with E-state index in [1.807, 2.05) is 11.9 Å². The predicted molar refractivity (Wildman–Crippen MR) is 110 cm³/mol. The lowest BCUT2D eigenvalue weighted by Gasteiger charge is -2.50. The van der Waals surface area contributed by atoms with E-state index in [4.69, 9.17) is 0 Å². The van der Waals surface area contributed by atoms with Gasteiger partial charge in [0.05, 0.1) is 0 Å². The van der Waals surface area contributed by atoms with Gasteiger partial charge in [-0.15, -0.1) is 0 Å². The Balaban J connectivity index is 1.69. The van der Waals surface area contributed by atoms with Crippen LogP contribution in [0.1, 0.15) is 53.1 Å². The van der Waals surface area contributed by atoms with Gasteiger partial charge in [-0.3, -0.25) is 24.1 Å². The first kappa shape index (κ1) is 21.7. The monoisotopic (exact) mass is 447 g/mol. The lowest BCUT2D eigenvalue weighted by molar-refractivity contribution is 0.0496. The summed E-state index contributed by atoms with van der Waals surface area (Å²) in [5, 5.41) is 14.8. The highest BCUT2D eigenvalue weighted by Gasteiger charge is 2.42. The van der Waals surface area contributed by atoms with Gasteiger partial charge in [0, 0.05) is 31.4 Å².